The molecule has 0 unspecified atom stereocenters. The maximum absolute atomic E-state index is 12.8. The van der Waals surface area contributed by atoms with E-state index in [4.69, 9.17) is 36.6 Å². The molecule has 3 heterocycles. The Hall–Kier alpha value is -4.30. The second kappa shape index (κ2) is 15.7. The SMILES string of the molecule is CC[C@@H](C)n1ncn(-c2ccc(N3CCN(c4ccc(OC[C@@H]5CO[C@@](CSC(=N)N(C)C=N)(c6ccc(Cl)cc6)O5)cc4)CC3)cc2)c1=O. The first-order valence-electron chi connectivity index (χ1n) is 16.7. The lowest BCUT2D eigenvalue weighted by atomic mass is 10.1. The van der Waals surface area contributed by atoms with Crippen LogP contribution in [0.4, 0.5) is 11.4 Å². The summed E-state index contributed by atoms with van der Waals surface area (Å²) in [5.41, 5.74) is 3.78. The van der Waals surface area contributed by atoms with Gasteiger partial charge < -0.3 is 28.9 Å². The Morgan fingerprint density at radius 2 is 1.64 bits per heavy atom. The molecule has 264 valence electrons. The Morgan fingerprint density at radius 1 is 1.04 bits per heavy atom. The van der Waals surface area contributed by atoms with Gasteiger partial charge in [-0.05, 0) is 74.0 Å². The van der Waals surface area contributed by atoms with Gasteiger partial charge in [-0.15, -0.1) is 0 Å². The molecule has 0 amide bonds. The third-order valence-corrected chi connectivity index (χ3v) is 10.5. The largest absolute Gasteiger partial charge is 0.491 e. The molecule has 14 heteroatoms. The third-order valence-electron chi connectivity index (χ3n) is 9.17. The van der Waals surface area contributed by atoms with Crippen molar-refractivity contribution in [1.29, 1.82) is 10.8 Å². The summed E-state index contributed by atoms with van der Waals surface area (Å²) < 4.78 is 22.0. The molecule has 0 radical (unpaired) electrons. The molecule has 0 saturated carbocycles. The molecular weight excluding hydrogens is 676 g/mol. The molecule has 2 aliphatic heterocycles. The van der Waals surface area contributed by atoms with Crippen molar-refractivity contribution in [2.45, 2.75) is 38.2 Å². The van der Waals surface area contributed by atoms with E-state index in [-0.39, 0.29) is 23.0 Å². The quantitative estimate of drug-likeness (QED) is 0.137. The van der Waals surface area contributed by atoms with Crippen molar-refractivity contribution in [3.8, 4) is 11.4 Å². The molecule has 50 heavy (non-hydrogen) atoms. The molecule has 1 aromatic heterocycles. The Balaban J connectivity index is 1.00. The number of thioether (sulfide) groups is 1. The number of hydrogen-bond acceptors (Lipinski definition) is 10. The predicted octanol–water partition coefficient (Wildman–Crippen LogP) is 5.84. The van der Waals surface area contributed by atoms with Crippen molar-refractivity contribution in [2.24, 2.45) is 0 Å². The summed E-state index contributed by atoms with van der Waals surface area (Å²) in [6, 6.07) is 23.7. The topological polar surface area (TPSA) is 125 Å². The van der Waals surface area contributed by atoms with E-state index < -0.39 is 5.79 Å². The highest BCUT2D eigenvalue weighted by molar-refractivity contribution is 8.13. The standard InChI is InChI=1S/C36H43ClN8O4S/c1-4-26(2)45-35(46)44(25-40-45)31-11-9-29(10-12-31)42-17-19-43(20-18-42)30-13-15-32(16-14-30)47-21-33-22-48-36(49-33,23-50-34(39)41(3)24-38)27-5-7-28(37)8-6-27/h5-16,24-26,33,38-39H,4,17-23H2,1-3H3/t26-,33-,36-/m1/s1. The molecule has 3 atom stereocenters. The average molecular weight is 719 g/mol. The van der Waals surface area contributed by atoms with Crippen molar-refractivity contribution in [3.05, 3.63) is 100 Å². The number of nitrogens with zero attached hydrogens (tertiary/aromatic N) is 6. The second-order valence-electron chi connectivity index (χ2n) is 12.4. The molecule has 2 fully saturated rings. The van der Waals surface area contributed by atoms with Crippen LogP contribution in [0.2, 0.25) is 5.02 Å². The second-order valence-corrected chi connectivity index (χ2v) is 13.8. The fourth-order valence-electron chi connectivity index (χ4n) is 5.94. The number of ether oxygens (including phenoxy) is 3. The van der Waals surface area contributed by atoms with Gasteiger partial charge in [0.15, 0.2) is 5.17 Å². The molecule has 3 aromatic carbocycles. The maximum atomic E-state index is 12.8. The molecule has 6 rings (SSSR count). The van der Waals surface area contributed by atoms with Gasteiger partial charge in [0.05, 0.1) is 30.4 Å². The molecule has 12 nitrogen and oxygen atoms in total. The van der Waals surface area contributed by atoms with E-state index in [0.717, 1.165) is 67.3 Å². The van der Waals surface area contributed by atoms with Crippen LogP contribution in [0.3, 0.4) is 0 Å². The van der Waals surface area contributed by atoms with E-state index in [1.165, 1.54) is 21.3 Å². The smallest absolute Gasteiger partial charge is 0.350 e. The number of anilines is 2. The zero-order valence-corrected chi connectivity index (χ0v) is 30.1. The summed E-state index contributed by atoms with van der Waals surface area (Å²) >= 11 is 7.39. The van der Waals surface area contributed by atoms with Crippen LogP contribution in [-0.2, 0) is 15.3 Å². The minimum Gasteiger partial charge on any atom is -0.491 e. The summed E-state index contributed by atoms with van der Waals surface area (Å²) in [6.07, 6.45) is 3.23. The first-order chi connectivity index (χ1) is 24.2. The van der Waals surface area contributed by atoms with Gasteiger partial charge >= 0.3 is 5.69 Å². The number of piperazine rings is 1. The summed E-state index contributed by atoms with van der Waals surface area (Å²) in [7, 11) is 1.66. The van der Waals surface area contributed by atoms with E-state index in [0.29, 0.717) is 24.0 Å². The molecule has 0 bridgehead atoms. The molecule has 2 saturated heterocycles. The van der Waals surface area contributed by atoms with Crippen molar-refractivity contribution >= 4 is 46.2 Å². The fraction of sp³-hybridized carbons (Fsp3) is 0.389. The van der Waals surface area contributed by atoms with Gasteiger partial charge in [0, 0.05) is 55.2 Å². The highest BCUT2D eigenvalue weighted by Crippen LogP contribution is 2.38. The van der Waals surface area contributed by atoms with E-state index >= 15 is 0 Å². The normalized spacial score (nSPS) is 19.7. The summed E-state index contributed by atoms with van der Waals surface area (Å²) in [5, 5.41) is 20.8. The van der Waals surface area contributed by atoms with Gasteiger partial charge in [0.2, 0.25) is 5.79 Å². The van der Waals surface area contributed by atoms with Crippen LogP contribution in [-0.4, -0.2) is 89.1 Å². The van der Waals surface area contributed by atoms with Gasteiger partial charge in [-0.3, -0.25) is 10.8 Å². The number of rotatable bonds is 12. The molecular formula is C36H43ClN8O4S. The summed E-state index contributed by atoms with van der Waals surface area (Å²) in [5.74, 6) is 0.0167. The van der Waals surface area contributed by atoms with Crippen LogP contribution in [0.15, 0.2) is 83.9 Å². The lowest BCUT2D eigenvalue weighted by Gasteiger charge is -2.37. The van der Waals surface area contributed by atoms with Crippen molar-refractivity contribution in [1.82, 2.24) is 19.2 Å². The van der Waals surface area contributed by atoms with Gasteiger partial charge in [0.25, 0.3) is 0 Å². The van der Waals surface area contributed by atoms with E-state index in [1.54, 1.807) is 30.1 Å². The van der Waals surface area contributed by atoms with E-state index in [1.807, 2.05) is 50.2 Å². The van der Waals surface area contributed by atoms with E-state index in [2.05, 4.69) is 39.2 Å². The van der Waals surface area contributed by atoms with Crippen molar-refractivity contribution < 1.29 is 14.2 Å². The number of benzene rings is 3. The lowest BCUT2D eigenvalue weighted by molar-refractivity contribution is -0.160. The summed E-state index contributed by atoms with van der Waals surface area (Å²) in [6.45, 7) is 8.22. The van der Waals surface area contributed by atoms with Crippen LogP contribution < -0.4 is 20.2 Å². The van der Waals surface area contributed by atoms with Crippen molar-refractivity contribution in [2.75, 3.05) is 62.0 Å². The Kier molecular flexibility index (Phi) is 11.2. The Bertz CT molecular complexity index is 1810. The van der Waals surface area contributed by atoms with E-state index in [9.17, 15) is 4.79 Å². The molecule has 4 aromatic rings. The first-order valence-corrected chi connectivity index (χ1v) is 18.1. The minimum absolute atomic E-state index is 0.0623. The lowest BCUT2D eigenvalue weighted by Crippen LogP contribution is -2.46. The summed E-state index contributed by atoms with van der Waals surface area (Å²) in [4.78, 5) is 19.0. The monoisotopic (exact) mass is 718 g/mol. The zero-order chi connectivity index (χ0) is 35.3. The number of hydrogen-bond donors (Lipinski definition) is 2. The highest BCUT2D eigenvalue weighted by Gasteiger charge is 2.44. The predicted molar refractivity (Wildman–Crippen MR) is 200 cm³/mol. The first kappa shape index (κ1) is 35.5. The molecule has 2 aliphatic rings. The zero-order valence-electron chi connectivity index (χ0n) is 28.5. The molecule has 0 spiro atoms. The van der Waals surface area contributed by atoms with Gasteiger partial charge in [-0.25, -0.2) is 14.0 Å². The maximum Gasteiger partial charge on any atom is 0.350 e. The van der Waals surface area contributed by atoms with Crippen LogP contribution >= 0.6 is 23.4 Å². The average Bonchev–Trinajstić information content (AvgIpc) is 3.76. The molecule has 2 N–H and O–H groups in total. The Morgan fingerprint density at radius 3 is 2.24 bits per heavy atom. The highest BCUT2D eigenvalue weighted by atomic mass is 35.5. The van der Waals surface area contributed by atoms with Crippen LogP contribution in [0.25, 0.3) is 5.69 Å². The Labute approximate surface area is 301 Å². The van der Waals surface area contributed by atoms with Gasteiger partial charge in [0.1, 0.15) is 24.8 Å². The van der Waals surface area contributed by atoms with Crippen molar-refractivity contribution in [3.63, 3.8) is 0 Å². The van der Waals surface area contributed by atoms with Crippen LogP contribution in [0.5, 0.6) is 5.75 Å². The number of halogens is 1. The number of nitrogens with one attached hydrogen (secondary N) is 2. The van der Waals surface area contributed by atoms with Crippen LogP contribution in [0.1, 0.15) is 31.9 Å². The fourth-order valence-corrected chi connectivity index (χ4v) is 6.97. The minimum atomic E-state index is -1.07. The third kappa shape index (κ3) is 7.86. The molecule has 0 aliphatic carbocycles. The van der Waals surface area contributed by atoms with Gasteiger partial charge in [-0.1, -0.05) is 42.4 Å². The van der Waals surface area contributed by atoms with Gasteiger partial charge in [-0.2, -0.15) is 5.10 Å². The number of amidine groups is 1. The number of aromatic nitrogens is 3. The van der Waals surface area contributed by atoms with Crippen LogP contribution in [0, 0.1) is 10.8 Å².